The van der Waals surface area contributed by atoms with Crippen molar-refractivity contribution in [1.82, 2.24) is 10.2 Å². The molecule has 1 saturated heterocycles. The third-order valence-electron chi connectivity index (χ3n) is 6.71. The maximum absolute atomic E-state index is 13.5. The van der Waals surface area contributed by atoms with Gasteiger partial charge in [-0.05, 0) is 48.9 Å². The summed E-state index contributed by atoms with van der Waals surface area (Å²) in [4.78, 5) is 15.8. The second-order valence-electron chi connectivity index (χ2n) is 8.58. The largest absolute Gasteiger partial charge is 0.381 e. The molecule has 0 bridgehead atoms. The average molecular weight is 393 g/mol. The predicted octanol–water partition coefficient (Wildman–Crippen LogP) is 3.24. The van der Waals surface area contributed by atoms with Crippen LogP contribution in [-0.4, -0.2) is 49.7 Å². The molecule has 29 heavy (non-hydrogen) atoms. The van der Waals surface area contributed by atoms with Crippen LogP contribution in [0.4, 0.5) is 0 Å². The molecule has 154 valence electrons. The molecule has 0 aromatic heterocycles. The minimum absolute atomic E-state index is 0.177. The van der Waals surface area contributed by atoms with Crippen molar-refractivity contribution >= 4 is 5.91 Å². The molecule has 0 unspecified atom stereocenters. The molecule has 0 spiro atoms. The van der Waals surface area contributed by atoms with Gasteiger partial charge in [0.05, 0.1) is 0 Å². The average Bonchev–Trinajstić information content (AvgIpc) is 3.18. The van der Waals surface area contributed by atoms with Crippen molar-refractivity contribution in [2.24, 2.45) is 5.92 Å². The van der Waals surface area contributed by atoms with E-state index in [2.05, 4.69) is 65.8 Å². The smallest absolute Gasteiger partial charge is 0.241 e. The van der Waals surface area contributed by atoms with Crippen molar-refractivity contribution < 1.29 is 9.53 Å². The third-order valence-corrected chi connectivity index (χ3v) is 6.71. The summed E-state index contributed by atoms with van der Waals surface area (Å²) in [5.74, 6) is 0.707. The Morgan fingerprint density at radius 1 is 1.03 bits per heavy atom. The summed E-state index contributed by atoms with van der Waals surface area (Å²) in [6.07, 6.45) is 4.60. The zero-order valence-electron chi connectivity index (χ0n) is 17.4. The molecule has 1 heterocycles. The van der Waals surface area contributed by atoms with E-state index >= 15 is 0 Å². The van der Waals surface area contributed by atoms with E-state index in [0.29, 0.717) is 5.92 Å². The summed E-state index contributed by atoms with van der Waals surface area (Å²) in [6, 6.07) is 19.0. The van der Waals surface area contributed by atoms with Gasteiger partial charge in [-0.25, -0.2) is 0 Å². The first kappa shape index (κ1) is 20.1. The molecule has 2 aromatic carbocycles. The van der Waals surface area contributed by atoms with Gasteiger partial charge in [0, 0.05) is 39.1 Å². The lowest BCUT2D eigenvalue weighted by atomic mass is 9.91. The van der Waals surface area contributed by atoms with E-state index in [-0.39, 0.29) is 5.91 Å². The van der Waals surface area contributed by atoms with Crippen molar-refractivity contribution in [3.05, 3.63) is 71.3 Å². The van der Waals surface area contributed by atoms with Gasteiger partial charge in [0.2, 0.25) is 5.91 Å². The number of amides is 1. The van der Waals surface area contributed by atoms with Crippen LogP contribution in [0.1, 0.15) is 29.5 Å². The Labute approximate surface area is 174 Å². The van der Waals surface area contributed by atoms with Crippen molar-refractivity contribution in [3.8, 4) is 0 Å². The molecule has 1 aliphatic carbocycles. The van der Waals surface area contributed by atoms with E-state index in [9.17, 15) is 4.79 Å². The normalized spacial score (nSPS) is 18.6. The number of nitrogens with zero attached hydrogens (tertiary/aromatic N) is 1. The van der Waals surface area contributed by atoms with Crippen molar-refractivity contribution in [2.75, 3.05) is 33.4 Å². The Morgan fingerprint density at radius 3 is 2.31 bits per heavy atom. The molecule has 4 nitrogen and oxygen atoms in total. The second kappa shape index (κ2) is 9.10. The zero-order chi connectivity index (χ0) is 20.1. The van der Waals surface area contributed by atoms with E-state index in [4.69, 9.17) is 4.74 Å². The first-order chi connectivity index (χ1) is 14.2. The lowest BCUT2D eigenvalue weighted by molar-refractivity contribution is -0.132. The first-order valence-corrected chi connectivity index (χ1v) is 10.9. The van der Waals surface area contributed by atoms with Crippen molar-refractivity contribution in [2.45, 2.75) is 37.6 Å². The highest BCUT2D eigenvalue weighted by Crippen LogP contribution is 2.34. The molecule has 2 aliphatic rings. The summed E-state index contributed by atoms with van der Waals surface area (Å²) < 4.78 is 5.46. The molecule has 1 N–H and O–H groups in total. The van der Waals surface area contributed by atoms with Gasteiger partial charge in [-0.1, -0.05) is 54.6 Å². The molecule has 2 aromatic rings. The fraction of sp³-hybridized carbons (Fsp3) is 0.480. The standard InChI is InChI=1S/C25H32N2O2/c1-27(14-11-20-7-3-2-4-8-20)25(17-22-9-5-6-10-23(22)18-25)24(28)26-19-21-12-15-29-16-13-21/h2-10,21H,11-19H2,1H3,(H,26,28). The summed E-state index contributed by atoms with van der Waals surface area (Å²) >= 11 is 0. The number of carbonyl (C=O) groups is 1. The number of likely N-dealkylation sites (N-methyl/N-ethyl adjacent to an activating group) is 1. The molecule has 4 rings (SSSR count). The quantitative estimate of drug-likeness (QED) is 0.787. The number of rotatable bonds is 7. The van der Waals surface area contributed by atoms with E-state index in [1.54, 1.807) is 0 Å². The van der Waals surface area contributed by atoms with Crippen LogP contribution >= 0.6 is 0 Å². The predicted molar refractivity (Wildman–Crippen MR) is 116 cm³/mol. The molecule has 4 heteroatoms. The van der Waals surface area contributed by atoms with Crippen molar-refractivity contribution in [3.63, 3.8) is 0 Å². The fourth-order valence-corrected chi connectivity index (χ4v) is 4.71. The lowest BCUT2D eigenvalue weighted by Crippen LogP contribution is -2.59. The number of nitrogens with one attached hydrogen (secondary N) is 1. The molecule has 1 fully saturated rings. The van der Waals surface area contributed by atoms with Gasteiger partial charge < -0.3 is 10.1 Å². The summed E-state index contributed by atoms with van der Waals surface area (Å²) in [7, 11) is 2.11. The minimum atomic E-state index is -0.496. The van der Waals surface area contributed by atoms with Crippen LogP contribution in [0.3, 0.4) is 0 Å². The lowest BCUT2D eigenvalue weighted by Gasteiger charge is -2.38. The molecule has 1 aliphatic heterocycles. The minimum Gasteiger partial charge on any atom is -0.381 e. The van der Waals surface area contributed by atoms with Gasteiger partial charge in [0.1, 0.15) is 5.54 Å². The van der Waals surface area contributed by atoms with Crippen LogP contribution in [0.2, 0.25) is 0 Å². The van der Waals surface area contributed by atoms with Crippen LogP contribution in [0, 0.1) is 5.92 Å². The van der Waals surface area contributed by atoms with Crippen LogP contribution in [0.15, 0.2) is 54.6 Å². The van der Waals surface area contributed by atoms with Crippen LogP contribution in [0.5, 0.6) is 0 Å². The summed E-state index contributed by atoms with van der Waals surface area (Å²) in [5.41, 5.74) is 3.43. The maximum atomic E-state index is 13.5. The Kier molecular flexibility index (Phi) is 6.31. The fourth-order valence-electron chi connectivity index (χ4n) is 4.71. The summed E-state index contributed by atoms with van der Waals surface area (Å²) in [6.45, 7) is 3.25. The van der Waals surface area contributed by atoms with E-state index in [1.165, 1.54) is 16.7 Å². The van der Waals surface area contributed by atoms with Crippen LogP contribution < -0.4 is 5.32 Å². The Balaban J connectivity index is 1.47. The first-order valence-electron chi connectivity index (χ1n) is 10.9. The van der Waals surface area contributed by atoms with Gasteiger partial charge in [-0.15, -0.1) is 0 Å². The van der Waals surface area contributed by atoms with Crippen LogP contribution in [0.25, 0.3) is 0 Å². The number of carbonyl (C=O) groups excluding carboxylic acids is 1. The third kappa shape index (κ3) is 4.54. The van der Waals surface area contributed by atoms with E-state index in [1.807, 2.05) is 6.07 Å². The Morgan fingerprint density at radius 2 is 1.66 bits per heavy atom. The topological polar surface area (TPSA) is 41.6 Å². The van der Waals surface area contributed by atoms with Gasteiger partial charge in [0.15, 0.2) is 0 Å². The zero-order valence-corrected chi connectivity index (χ0v) is 17.4. The molecular formula is C25H32N2O2. The molecule has 1 amide bonds. The number of hydrogen-bond acceptors (Lipinski definition) is 3. The molecular weight excluding hydrogens is 360 g/mol. The summed E-state index contributed by atoms with van der Waals surface area (Å²) in [5, 5.41) is 3.31. The highest BCUT2D eigenvalue weighted by atomic mass is 16.5. The SMILES string of the molecule is CN(CCc1ccccc1)C1(C(=O)NCC2CCOCC2)Cc2ccccc2C1. The maximum Gasteiger partial charge on any atom is 0.241 e. The Hall–Kier alpha value is -2.17. The Bertz CT molecular complexity index is 790. The highest BCUT2D eigenvalue weighted by Gasteiger charge is 2.46. The monoisotopic (exact) mass is 392 g/mol. The molecule has 0 radical (unpaired) electrons. The number of ether oxygens (including phenoxy) is 1. The van der Waals surface area contributed by atoms with E-state index < -0.39 is 5.54 Å². The van der Waals surface area contributed by atoms with Gasteiger partial charge in [-0.2, -0.15) is 0 Å². The van der Waals surface area contributed by atoms with Gasteiger partial charge in [-0.3, -0.25) is 9.69 Å². The van der Waals surface area contributed by atoms with Gasteiger partial charge >= 0.3 is 0 Å². The number of fused-ring (bicyclic) bond motifs is 1. The van der Waals surface area contributed by atoms with Crippen molar-refractivity contribution in [1.29, 1.82) is 0 Å². The molecule has 0 atom stereocenters. The molecule has 0 saturated carbocycles. The van der Waals surface area contributed by atoms with Crippen LogP contribution in [-0.2, 0) is 28.8 Å². The van der Waals surface area contributed by atoms with Gasteiger partial charge in [0.25, 0.3) is 0 Å². The van der Waals surface area contributed by atoms with E-state index in [0.717, 1.165) is 58.4 Å². The number of hydrogen-bond donors (Lipinski definition) is 1. The number of benzene rings is 2. The second-order valence-corrected chi connectivity index (χ2v) is 8.58. The highest BCUT2D eigenvalue weighted by molar-refractivity contribution is 5.88.